The number of ketones is 1. The van der Waals surface area contributed by atoms with Crippen LogP contribution in [0.15, 0.2) is 54.2 Å². The third-order valence-electron chi connectivity index (χ3n) is 3.62. The average molecular weight is 294 g/mol. The SMILES string of the molecule is COc1ccc(C(=O)/C=C2/CNc3cc(C)ccc3N2)cc1. The van der Waals surface area contributed by atoms with Gasteiger partial charge in [0.1, 0.15) is 5.75 Å². The normalized spacial score (nSPS) is 14.7. The largest absolute Gasteiger partial charge is 0.497 e. The van der Waals surface area contributed by atoms with Crippen molar-refractivity contribution >= 4 is 17.2 Å². The van der Waals surface area contributed by atoms with E-state index in [-0.39, 0.29) is 5.78 Å². The van der Waals surface area contributed by atoms with Crippen LogP contribution in [0.25, 0.3) is 0 Å². The number of ether oxygens (including phenoxy) is 1. The van der Waals surface area contributed by atoms with E-state index >= 15 is 0 Å². The highest BCUT2D eigenvalue weighted by Gasteiger charge is 2.13. The number of hydrogen-bond acceptors (Lipinski definition) is 4. The maximum absolute atomic E-state index is 12.3. The van der Waals surface area contributed by atoms with Crippen molar-refractivity contribution in [1.82, 2.24) is 0 Å². The van der Waals surface area contributed by atoms with Gasteiger partial charge < -0.3 is 15.4 Å². The molecule has 0 aromatic heterocycles. The predicted molar refractivity (Wildman–Crippen MR) is 88.7 cm³/mol. The Morgan fingerprint density at radius 1 is 1.14 bits per heavy atom. The number of carbonyl (C=O) groups is 1. The molecule has 2 N–H and O–H groups in total. The summed E-state index contributed by atoms with van der Waals surface area (Å²) in [5.74, 6) is 0.716. The lowest BCUT2D eigenvalue weighted by Gasteiger charge is -2.22. The van der Waals surface area contributed by atoms with E-state index in [2.05, 4.69) is 23.6 Å². The van der Waals surface area contributed by atoms with Crippen molar-refractivity contribution < 1.29 is 9.53 Å². The molecule has 4 nitrogen and oxygen atoms in total. The maximum atomic E-state index is 12.3. The number of methoxy groups -OCH3 is 1. The Morgan fingerprint density at radius 2 is 1.91 bits per heavy atom. The molecule has 0 aliphatic carbocycles. The van der Waals surface area contributed by atoms with Gasteiger partial charge in [0.25, 0.3) is 0 Å². The number of carbonyl (C=O) groups excluding carboxylic acids is 1. The summed E-state index contributed by atoms with van der Waals surface area (Å²) in [7, 11) is 1.61. The summed E-state index contributed by atoms with van der Waals surface area (Å²) in [4.78, 5) is 12.3. The first-order chi connectivity index (χ1) is 10.7. The van der Waals surface area contributed by atoms with E-state index < -0.39 is 0 Å². The molecule has 0 saturated heterocycles. The van der Waals surface area contributed by atoms with Gasteiger partial charge in [-0.1, -0.05) is 6.07 Å². The zero-order valence-electron chi connectivity index (χ0n) is 12.6. The van der Waals surface area contributed by atoms with Gasteiger partial charge in [0.15, 0.2) is 5.78 Å². The zero-order chi connectivity index (χ0) is 15.5. The van der Waals surface area contributed by atoms with Crippen LogP contribution in [0.5, 0.6) is 5.75 Å². The molecule has 1 heterocycles. The van der Waals surface area contributed by atoms with Crippen molar-refractivity contribution in [3.05, 3.63) is 65.4 Å². The molecule has 0 radical (unpaired) electrons. The molecule has 0 saturated carbocycles. The molecule has 0 fully saturated rings. The minimum absolute atomic E-state index is 0.0254. The van der Waals surface area contributed by atoms with Gasteiger partial charge in [-0.15, -0.1) is 0 Å². The van der Waals surface area contributed by atoms with Crippen LogP contribution in [0.4, 0.5) is 11.4 Å². The van der Waals surface area contributed by atoms with E-state index in [0.717, 1.165) is 22.8 Å². The maximum Gasteiger partial charge on any atom is 0.187 e. The van der Waals surface area contributed by atoms with Crippen LogP contribution in [0.1, 0.15) is 15.9 Å². The van der Waals surface area contributed by atoms with Gasteiger partial charge in [0.05, 0.1) is 25.0 Å². The quantitative estimate of drug-likeness (QED) is 0.670. The summed E-state index contributed by atoms with van der Waals surface area (Å²) < 4.78 is 5.10. The summed E-state index contributed by atoms with van der Waals surface area (Å²) in [6.07, 6.45) is 1.64. The van der Waals surface area contributed by atoms with E-state index in [1.807, 2.05) is 12.1 Å². The fourth-order valence-electron chi connectivity index (χ4n) is 2.40. The lowest BCUT2D eigenvalue weighted by molar-refractivity contribution is 0.104. The van der Waals surface area contributed by atoms with Crippen LogP contribution in [0.2, 0.25) is 0 Å². The van der Waals surface area contributed by atoms with Crippen LogP contribution < -0.4 is 15.4 Å². The first kappa shape index (κ1) is 14.2. The van der Waals surface area contributed by atoms with Gasteiger partial charge in [-0.3, -0.25) is 4.79 Å². The second-order valence-electron chi connectivity index (χ2n) is 5.29. The summed E-state index contributed by atoms with van der Waals surface area (Å²) in [6, 6.07) is 13.3. The first-order valence-corrected chi connectivity index (χ1v) is 7.16. The smallest absolute Gasteiger partial charge is 0.187 e. The molecule has 22 heavy (non-hydrogen) atoms. The predicted octanol–water partition coefficient (Wildman–Crippen LogP) is 3.61. The van der Waals surface area contributed by atoms with Crippen molar-refractivity contribution in [3.8, 4) is 5.75 Å². The molecular formula is C18H18N2O2. The minimum atomic E-state index is -0.0254. The topological polar surface area (TPSA) is 50.4 Å². The number of nitrogens with one attached hydrogen (secondary N) is 2. The van der Waals surface area contributed by atoms with Crippen molar-refractivity contribution in [2.75, 3.05) is 24.3 Å². The number of anilines is 2. The highest BCUT2D eigenvalue weighted by molar-refractivity contribution is 6.05. The second kappa shape index (κ2) is 5.93. The summed E-state index contributed by atoms with van der Waals surface area (Å²) in [5.41, 5.74) is 4.76. The monoisotopic (exact) mass is 294 g/mol. The van der Waals surface area contributed by atoms with Crippen molar-refractivity contribution in [2.45, 2.75) is 6.92 Å². The molecule has 0 amide bonds. The molecule has 0 unspecified atom stereocenters. The summed E-state index contributed by atoms with van der Waals surface area (Å²) in [6.45, 7) is 2.67. The van der Waals surface area contributed by atoms with Crippen molar-refractivity contribution in [2.24, 2.45) is 0 Å². The second-order valence-corrected chi connectivity index (χ2v) is 5.29. The van der Waals surface area contributed by atoms with Crippen LogP contribution in [0, 0.1) is 6.92 Å². The highest BCUT2D eigenvalue weighted by atomic mass is 16.5. The number of fused-ring (bicyclic) bond motifs is 1. The number of benzene rings is 2. The van der Waals surface area contributed by atoms with Crippen LogP contribution in [-0.2, 0) is 0 Å². The van der Waals surface area contributed by atoms with Crippen LogP contribution in [0.3, 0.4) is 0 Å². The Kier molecular flexibility index (Phi) is 3.83. The Labute approximate surface area is 129 Å². The van der Waals surface area contributed by atoms with Gasteiger partial charge in [-0.25, -0.2) is 0 Å². The Balaban J connectivity index is 1.77. The highest BCUT2D eigenvalue weighted by Crippen LogP contribution is 2.28. The molecule has 0 bridgehead atoms. The van der Waals surface area contributed by atoms with Gasteiger partial charge in [0, 0.05) is 17.3 Å². The fraction of sp³-hybridized carbons (Fsp3) is 0.167. The Morgan fingerprint density at radius 3 is 2.64 bits per heavy atom. The molecule has 0 spiro atoms. The van der Waals surface area contributed by atoms with Gasteiger partial charge in [-0.2, -0.15) is 0 Å². The van der Waals surface area contributed by atoms with E-state index in [4.69, 9.17) is 4.74 Å². The van der Waals surface area contributed by atoms with E-state index in [1.54, 1.807) is 37.5 Å². The molecule has 2 aromatic rings. The molecule has 3 rings (SSSR count). The van der Waals surface area contributed by atoms with E-state index in [0.29, 0.717) is 12.1 Å². The third-order valence-corrected chi connectivity index (χ3v) is 3.62. The van der Waals surface area contributed by atoms with Crippen LogP contribution >= 0.6 is 0 Å². The molecule has 2 aromatic carbocycles. The minimum Gasteiger partial charge on any atom is -0.497 e. The molecule has 4 heteroatoms. The zero-order valence-corrected chi connectivity index (χ0v) is 12.6. The third kappa shape index (κ3) is 2.96. The molecule has 1 aliphatic rings. The fourth-order valence-corrected chi connectivity index (χ4v) is 2.40. The number of rotatable bonds is 3. The number of hydrogen-bond donors (Lipinski definition) is 2. The summed E-state index contributed by atoms with van der Waals surface area (Å²) >= 11 is 0. The van der Waals surface area contributed by atoms with Gasteiger partial charge in [0.2, 0.25) is 0 Å². The molecule has 1 aliphatic heterocycles. The van der Waals surface area contributed by atoms with E-state index in [9.17, 15) is 4.79 Å². The van der Waals surface area contributed by atoms with E-state index in [1.165, 1.54) is 5.56 Å². The first-order valence-electron chi connectivity index (χ1n) is 7.16. The number of aryl methyl sites for hydroxylation is 1. The molecular weight excluding hydrogens is 276 g/mol. The lowest BCUT2D eigenvalue weighted by Crippen LogP contribution is -2.20. The Bertz CT molecular complexity index is 733. The Hall–Kier alpha value is -2.75. The van der Waals surface area contributed by atoms with Crippen molar-refractivity contribution in [1.29, 1.82) is 0 Å². The molecule has 0 atom stereocenters. The van der Waals surface area contributed by atoms with Gasteiger partial charge >= 0.3 is 0 Å². The summed E-state index contributed by atoms with van der Waals surface area (Å²) in [5, 5.41) is 6.63. The standard InChI is InChI=1S/C18H18N2O2/c1-12-3-8-16-17(9-12)19-11-14(20-16)10-18(21)13-4-6-15(22-2)7-5-13/h3-10,19-20H,11H2,1-2H3/b14-10-. The average Bonchev–Trinajstić information content (AvgIpc) is 2.55. The lowest BCUT2D eigenvalue weighted by atomic mass is 10.1. The number of allylic oxidation sites excluding steroid dienone is 1. The van der Waals surface area contributed by atoms with Crippen molar-refractivity contribution in [3.63, 3.8) is 0 Å². The van der Waals surface area contributed by atoms with Crippen LogP contribution in [-0.4, -0.2) is 19.4 Å². The molecule has 112 valence electrons. The van der Waals surface area contributed by atoms with Gasteiger partial charge in [-0.05, 0) is 48.9 Å².